The van der Waals surface area contributed by atoms with Crippen molar-refractivity contribution in [2.45, 2.75) is 6.54 Å². The summed E-state index contributed by atoms with van der Waals surface area (Å²) in [5.41, 5.74) is 0. The van der Waals surface area contributed by atoms with Crippen molar-refractivity contribution in [2.75, 3.05) is 26.8 Å². The van der Waals surface area contributed by atoms with Crippen LogP contribution in [0.3, 0.4) is 0 Å². The van der Waals surface area contributed by atoms with Gasteiger partial charge in [-0.25, -0.2) is 0 Å². The first-order chi connectivity index (χ1) is 7.33. The van der Waals surface area contributed by atoms with Crippen molar-refractivity contribution in [1.82, 2.24) is 20.8 Å². The van der Waals surface area contributed by atoms with Crippen molar-refractivity contribution in [1.29, 1.82) is 0 Å². The maximum Gasteiger partial charge on any atom is 0.234 e. The summed E-state index contributed by atoms with van der Waals surface area (Å²) in [5, 5.41) is 9.14. The summed E-state index contributed by atoms with van der Waals surface area (Å²) in [7, 11) is 1.58. The second kappa shape index (κ2) is 6.91. The van der Waals surface area contributed by atoms with Crippen LogP contribution in [0.5, 0.6) is 0 Å². The highest BCUT2D eigenvalue weighted by atomic mass is 16.5. The summed E-state index contributed by atoms with van der Waals surface area (Å²) in [5.74, 6) is 0.440. The third-order valence-electron chi connectivity index (χ3n) is 1.60. The van der Waals surface area contributed by atoms with Gasteiger partial charge < -0.3 is 19.9 Å². The number of aromatic nitrogens is 2. The molecule has 2 N–H and O–H groups in total. The normalized spacial score (nSPS) is 10.2. The Kier molecular flexibility index (Phi) is 5.34. The first kappa shape index (κ1) is 11.6. The van der Waals surface area contributed by atoms with Gasteiger partial charge in [0.05, 0.1) is 19.7 Å². The number of carbonyl (C=O) groups excluding carboxylic acids is 1. The number of carbonyl (C=O) groups is 1. The smallest absolute Gasteiger partial charge is 0.234 e. The maximum atomic E-state index is 11.2. The molecule has 0 unspecified atom stereocenters. The average molecular weight is 214 g/mol. The maximum absolute atomic E-state index is 11.2. The third-order valence-corrected chi connectivity index (χ3v) is 1.60. The van der Waals surface area contributed by atoms with Gasteiger partial charge in [-0.05, 0) is 0 Å². The van der Waals surface area contributed by atoms with E-state index in [9.17, 15) is 4.79 Å². The molecule has 0 fully saturated rings. The Morgan fingerprint density at radius 1 is 1.67 bits per heavy atom. The van der Waals surface area contributed by atoms with Crippen LogP contribution in [0, 0.1) is 0 Å². The number of ether oxygens (including phenoxy) is 1. The fraction of sp³-hybridized carbons (Fsp3) is 0.625. The Bertz CT molecular complexity index is 275. The Labute approximate surface area is 87.2 Å². The van der Waals surface area contributed by atoms with E-state index in [0.717, 1.165) is 0 Å². The molecule has 1 aromatic rings. The van der Waals surface area contributed by atoms with E-state index < -0.39 is 0 Å². The van der Waals surface area contributed by atoms with Crippen molar-refractivity contribution in [3.05, 3.63) is 12.2 Å². The molecule has 1 heterocycles. The van der Waals surface area contributed by atoms with Crippen LogP contribution in [0.25, 0.3) is 0 Å². The third kappa shape index (κ3) is 5.08. The Balaban J connectivity index is 2.02. The zero-order valence-corrected chi connectivity index (χ0v) is 8.52. The monoisotopic (exact) mass is 214 g/mol. The zero-order valence-electron chi connectivity index (χ0n) is 8.52. The second-order valence-electron chi connectivity index (χ2n) is 2.79. The van der Waals surface area contributed by atoms with E-state index >= 15 is 0 Å². The minimum absolute atomic E-state index is 0.0875. The molecule has 0 spiro atoms. The van der Waals surface area contributed by atoms with Crippen LogP contribution in [0.2, 0.25) is 0 Å². The van der Waals surface area contributed by atoms with Crippen molar-refractivity contribution in [3.63, 3.8) is 0 Å². The Hall–Kier alpha value is -1.47. The molecule has 0 atom stereocenters. The van der Waals surface area contributed by atoms with Crippen molar-refractivity contribution < 1.29 is 14.1 Å². The molecule has 7 heteroatoms. The predicted molar refractivity (Wildman–Crippen MR) is 50.9 cm³/mol. The molecular weight excluding hydrogens is 200 g/mol. The number of amides is 1. The van der Waals surface area contributed by atoms with Crippen LogP contribution in [0.1, 0.15) is 5.82 Å². The van der Waals surface area contributed by atoms with Gasteiger partial charge in [-0.1, -0.05) is 5.16 Å². The van der Waals surface area contributed by atoms with E-state index in [4.69, 9.17) is 4.74 Å². The van der Waals surface area contributed by atoms with E-state index in [1.807, 2.05) is 0 Å². The molecule has 0 bridgehead atoms. The summed E-state index contributed by atoms with van der Waals surface area (Å²) >= 11 is 0. The molecule has 1 aromatic heterocycles. The molecule has 0 aliphatic carbocycles. The number of nitrogens with one attached hydrogen (secondary N) is 2. The molecule has 0 saturated heterocycles. The van der Waals surface area contributed by atoms with Gasteiger partial charge in [-0.3, -0.25) is 4.79 Å². The fourth-order valence-electron chi connectivity index (χ4n) is 0.913. The van der Waals surface area contributed by atoms with Gasteiger partial charge in [0.15, 0.2) is 5.82 Å². The predicted octanol–water partition coefficient (Wildman–Crippen LogP) is -1.08. The van der Waals surface area contributed by atoms with Crippen LogP contribution in [0.15, 0.2) is 10.9 Å². The molecule has 1 rings (SSSR count). The summed E-state index contributed by atoms with van der Waals surface area (Å²) in [6, 6.07) is 0. The van der Waals surface area contributed by atoms with Gasteiger partial charge in [0.2, 0.25) is 12.3 Å². The van der Waals surface area contributed by atoms with Crippen LogP contribution in [-0.4, -0.2) is 42.9 Å². The zero-order chi connectivity index (χ0) is 10.9. The molecule has 0 radical (unpaired) electrons. The lowest BCUT2D eigenvalue weighted by Crippen LogP contribution is -2.35. The topological polar surface area (TPSA) is 89.3 Å². The van der Waals surface area contributed by atoms with Gasteiger partial charge >= 0.3 is 0 Å². The van der Waals surface area contributed by atoms with E-state index in [2.05, 4.69) is 25.3 Å². The molecule has 1 amide bonds. The number of hydrogen-bond acceptors (Lipinski definition) is 6. The first-order valence-corrected chi connectivity index (χ1v) is 4.54. The van der Waals surface area contributed by atoms with Gasteiger partial charge in [0.25, 0.3) is 0 Å². The lowest BCUT2D eigenvalue weighted by molar-refractivity contribution is -0.120. The number of hydrogen-bond donors (Lipinski definition) is 2. The van der Waals surface area contributed by atoms with Gasteiger partial charge in [-0.15, -0.1) is 0 Å². The largest absolute Gasteiger partial charge is 0.383 e. The molecule has 0 saturated carbocycles. The van der Waals surface area contributed by atoms with Gasteiger partial charge in [0.1, 0.15) is 0 Å². The van der Waals surface area contributed by atoms with E-state index in [1.54, 1.807) is 7.11 Å². The van der Waals surface area contributed by atoms with Gasteiger partial charge in [-0.2, -0.15) is 4.98 Å². The molecular formula is C8H14N4O3. The number of nitrogens with zero attached hydrogens (tertiary/aromatic N) is 2. The summed E-state index contributed by atoms with van der Waals surface area (Å²) < 4.78 is 9.32. The molecule has 0 aromatic carbocycles. The molecule has 84 valence electrons. The quantitative estimate of drug-likeness (QED) is 0.561. The first-order valence-electron chi connectivity index (χ1n) is 4.54. The van der Waals surface area contributed by atoms with E-state index in [0.29, 0.717) is 25.5 Å². The number of methoxy groups -OCH3 is 1. The molecule has 0 aliphatic rings. The van der Waals surface area contributed by atoms with Crippen molar-refractivity contribution in [2.24, 2.45) is 0 Å². The Morgan fingerprint density at radius 2 is 2.53 bits per heavy atom. The molecule has 15 heavy (non-hydrogen) atoms. The lowest BCUT2D eigenvalue weighted by atomic mass is 10.5. The van der Waals surface area contributed by atoms with Crippen molar-refractivity contribution >= 4 is 5.91 Å². The summed E-state index contributed by atoms with van der Waals surface area (Å²) in [6.07, 6.45) is 1.25. The standard InChI is InChI=1S/C8H14N4O3/c1-14-3-2-10-8(13)5-9-4-7-11-6-15-12-7/h6,9H,2-5H2,1H3,(H,10,13). The molecule has 0 aliphatic heterocycles. The minimum Gasteiger partial charge on any atom is -0.383 e. The number of rotatable bonds is 7. The van der Waals surface area contributed by atoms with Crippen LogP contribution < -0.4 is 10.6 Å². The highest BCUT2D eigenvalue weighted by Crippen LogP contribution is 1.85. The average Bonchev–Trinajstić information content (AvgIpc) is 2.71. The highest BCUT2D eigenvalue weighted by molar-refractivity contribution is 5.77. The van der Waals surface area contributed by atoms with Crippen LogP contribution >= 0.6 is 0 Å². The summed E-state index contributed by atoms with van der Waals surface area (Å²) in [4.78, 5) is 14.9. The van der Waals surface area contributed by atoms with Gasteiger partial charge in [0, 0.05) is 13.7 Å². The summed E-state index contributed by atoms with van der Waals surface area (Å²) in [6.45, 7) is 1.66. The van der Waals surface area contributed by atoms with E-state index in [-0.39, 0.29) is 12.5 Å². The second-order valence-corrected chi connectivity index (χ2v) is 2.79. The van der Waals surface area contributed by atoms with E-state index in [1.165, 1.54) is 6.39 Å². The lowest BCUT2D eigenvalue weighted by Gasteiger charge is -2.04. The minimum atomic E-state index is -0.0875. The van der Waals surface area contributed by atoms with Crippen LogP contribution in [-0.2, 0) is 16.1 Å². The molecule has 7 nitrogen and oxygen atoms in total. The van der Waals surface area contributed by atoms with Crippen LogP contribution in [0.4, 0.5) is 0 Å². The highest BCUT2D eigenvalue weighted by Gasteiger charge is 2.01. The SMILES string of the molecule is COCCNC(=O)CNCc1ncon1. The Morgan fingerprint density at radius 3 is 3.20 bits per heavy atom. The van der Waals surface area contributed by atoms with Crippen molar-refractivity contribution in [3.8, 4) is 0 Å². The fourth-order valence-corrected chi connectivity index (χ4v) is 0.913.